The molecule has 9 heteroatoms. The van der Waals surface area contributed by atoms with Crippen molar-refractivity contribution in [3.8, 4) is 0 Å². The Hall–Kier alpha value is -2.45. The Bertz CT molecular complexity index is 461. The fourth-order valence-electron chi connectivity index (χ4n) is 1.37. The largest absolute Gasteiger partial charge is 0.370 e. The first-order valence-electron chi connectivity index (χ1n) is 6.19. The Kier molecular flexibility index (Phi) is 6.14. The van der Waals surface area contributed by atoms with E-state index < -0.39 is 0 Å². The van der Waals surface area contributed by atoms with E-state index in [0.29, 0.717) is 31.3 Å². The van der Waals surface area contributed by atoms with Crippen molar-refractivity contribution in [1.82, 2.24) is 25.6 Å². The maximum absolute atomic E-state index is 11.5. The molecule has 1 amide bonds. The van der Waals surface area contributed by atoms with E-state index in [1.54, 1.807) is 4.90 Å². The van der Waals surface area contributed by atoms with E-state index >= 15 is 0 Å². The van der Waals surface area contributed by atoms with Crippen molar-refractivity contribution in [1.29, 1.82) is 5.41 Å². The minimum Gasteiger partial charge on any atom is -0.370 e. The van der Waals surface area contributed by atoms with Gasteiger partial charge in [-0.05, 0) is 0 Å². The van der Waals surface area contributed by atoms with Gasteiger partial charge in [-0.15, -0.1) is 0 Å². The van der Waals surface area contributed by atoms with Crippen LogP contribution in [0.1, 0.15) is 12.2 Å². The molecule has 0 saturated heterocycles. The average molecular weight is 280 g/mol. The van der Waals surface area contributed by atoms with Crippen LogP contribution in [0.4, 0.5) is 5.95 Å². The molecule has 0 bridgehead atoms. The van der Waals surface area contributed by atoms with E-state index in [1.165, 1.54) is 6.33 Å². The first kappa shape index (κ1) is 15.6. The molecule has 0 spiro atoms. The molecule has 9 nitrogen and oxygen atoms in total. The summed E-state index contributed by atoms with van der Waals surface area (Å²) < 4.78 is 0. The number of carbonyl (C=O) groups excluding carboxylic acids is 1. The van der Waals surface area contributed by atoms with Crippen LogP contribution in [-0.2, 0) is 11.2 Å². The molecule has 0 radical (unpaired) electrons. The topological polar surface area (TPSA) is 133 Å². The maximum atomic E-state index is 11.5. The third-order valence-corrected chi connectivity index (χ3v) is 2.35. The van der Waals surface area contributed by atoms with Crippen LogP contribution in [0.15, 0.2) is 6.33 Å². The zero-order valence-corrected chi connectivity index (χ0v) is 11.7. The highest BCUT2D eigenvalue weighted by molar-refractivity contribution is 5.78. The van der Waals surface area contributed by atoms with Gasteiger partial charge in [-0.1, -0.05) is 0 Å². The number of hydrogen-bond acceptors (Lipinski definition) is 6. The molecule has 0 saturated carbocycles. The van der Waals surface area contributed by atoms with Crippen LogP contribution in [0.25, 0.3) is 0 Å². The standard InChI is InChI=1S/C11H20N8O/c1-19(2)11-17-7-16-8(18-11)3-5-14-9(20)4-6-15-10(12)13/h7H,3-6H2,1-2H3,(H,14,20)(H4,12,13,15). The Morgan fingerprint density at radius 2 is 2.10 bits per heavy atom. The summed E-state index contributed by atoms with van der Waals surface area (Å²) in [7, 11) is 3.70. The van der Waals surface area contributed by atoms with Gasteiger partial charge in [0.25, 0.3) is 0 Å². The molecule has 110 valence electrons. The molecule has 0 aromatic carbocycles. The van der Waals surface area contributed by atoms with Crippen molar-refractivity contribution < 1.29 is 4.79 Å². The van der Waals surface area contributed by atoms with E-state index in [0.717, 1.165) is 0 Å². The number of nitrogens with two attached hydrogens (primary N) is 1. The third-order valence-electron chi connectivity index (χ3n) is 2.35. The number of amides is 1. The molecule has 0 aliphatic carbocycles. The van der Waals surface area contributed by atoms with E-state index in [4.69, 9.17) is 11.1 Å². The summed E-state index contributed by atoms with van der Waals surface area (Å²) in [5.74, 6) is 0.970. The smallest absolute Gasteiger partial charge is 0.228 e. The SMILES string of the molecule is CN(C)c1ncnc(CCNC(=O)CCNC(=N)N)n1. The second-order valence-electron chi connectivity index (χ2n) is 4.29. The van der Waals surface area contributed by atoms with E-state index in [1.807, 2.05) is 14.1 Å². The van der Waals surface area contributed by atoms with Gasteiger partial charge in [-0.3, -0.25) is 10.2 Å². The minimum atomic E-state index is -0.140. The predicted molar refractivity (Wildman–Crippen MR) is 75.4 cm³/mol. The quantitative estimate of drug-likeness (QED) is 0.352. The van der Waals surface area contributed by atoms with Crippen molar-refractivity contribution in [2.75, 3.05) is 32.1 Å². The van der Waals surface area contributed by atoms with Gasteiger partial charge >= 0.3 is 0 Å². The first-order chi connectivity index (χ1) is 9.49. The van der Waals surface area contributed by atoms with E-state index in [2.05, 4.69) is 25.6 Å². The second-order valence-corrected chi connectivity index (χ2v) is 4.29. The van der Waals surface area contributed by atoms with Gasteiger partial charge in [0.1, 0.15) is 12.2 Å². The van der Waals surface area contributed by atoms with Crippen LogP contribution >= 0.6 is 0 Å². The third kappa shape index (κ3) is 5.94. The number of carbonyl (C=O) groups is 1. The molecule has 0 aliphatic heterocycles. The van der Waals surface area contributed by atoms with Gasteiger partial charge in [0, 0.05) is 40.0 Å². The molecular weight excluding hydrogens is 260 g/mol. The zero-order valence-electron chi connectivity index (χ0n) is 11.7. The van der Waals surface area contributed by atoms with Crippen LogP contribution in [-0.4, -0.2) is 54.0 Å². The fourth-order valence-corrected chi connectivity index (χ4v) is 1.37. The summed E-state index contributed by atoms with van der Waals surface area (Å²) in [5.41, 5.74) is 5.11. The number of aromatic nitrogens is 3. The molecular formula is C11H20N8O. The fraction of sp³-hybridized carbons (Fsp3) is 0.545. The summed E-state index contributed by atoms with van der Waals surface area (Å²) in [6.45, 7) is 0.799. The monoisotopic (exact) mass is 280 g/mol. The number of rotatable bonds is 7. The summed E-state index contributed by atoms with van der Waals surface area (Å²) in [4.78, 5) is 25.6. The number of hydrogen-bond donors (Lipinski definition) is 4. The van der Waals surface area contributed by atoms with Crippen LogP contribution < -0.4 is 21.3 Å². The first-order valence-corrected chi connectivity index (χ1v) is 6.19. The normalized spacial score (nSPS) is 9.90. The van der Waals surface area contributed by atoms with Crippen LogP contribution in [0.5, 0.6) is 0 Å². The predicted octanol–water partition coefficient (Wildman–Crippen LogP) is -1.53. The highest BCUT2D eigenvalue weighted by Gasteiger charge is 2.04. The summed E-state index contributed by atoms with van der Waals surface area (Å²) >= 11 is 0. The van der Waals surface area contributed by atoms with Crippen LogP contribution in [0.3, 0.4) is 0 Å². The molecule has 0 unspecified atom stereocenters. The molecule has 0 aliphatic rings. The van der Waals surface area contributed by atoms with Gasteiger partial charge in [0.2, 0.25) is 11.9 Å². The van der Waals surface area contributed by atoms with Gasteiger partial charge in [-0.2, -0.15) is 4.98 Å². The zero-order chi connectivity index (χ0) is 15.0. The maximum Gasteiger partial charge on any atom is 0.228 e. The lowest BCUT2D eigenvalue weighted by molar-refractivity contribution is -0.120. The average Bonchev–Trinajstić information content (AvgIpc) is 2.38. The molecule has 0 fully saturated rings. The Morgan fingerprint density at radius 3 is 2.75 bits per heavy atom. The summed E-state index contributed by atoms with van der Waals surface area (Å²) in [6.07, 6.45) is 2.26. The number of anilines is 1. The van der Waals surface area contributed by atoms with Crippen molar-refractivity contribution in [3.63, 3.8) is 0 Å². The number of guanidine groups is 1. The minimum absolute atomic E-state index is 0.111. The molecule has 1 heterocycles. The summed E-state index contributed by atoms with van der Waals surface area (Å²) in [5, 5.41) is 12.3. The molecule has 0 atom stereocenters. The summed E-state index contributed by atoms with van der Waals surface area (Å²) in [6, 6.07) is 0. The highest BCUT2D eigenvalue weighted by atomic mass is 16.1. The molecule has 5 N–H and O–H groups in total. The number of nitrogens with zero attached hydrogens (tertiary/aromatic N) is 4. The van der Waals surface area contributed by atoms with Crippen LogP contribution in [0.2, 0.25) is 0 Å². The molecule has 20 heavy (non-hydrogen) atoms. The van der Waals surface area contributed by atoms with Gasteiger partial charge in [0.05, 0.1) is 0 Å². The Morgan fingerprint density at radius 1 is 1.35 bits per heavy atom. The second kappa shape index (κ2) is 7.87. The Labute approximate surface area is 117 Å². The highest BCUT2D eigenvalue weighted by Crippen LogP contribution is 2.00. The van der Waals surface area contributed by atoms with Crippen molar-refractivity contribution in [2.24, 2.45) is 5.73 Å². The van der Waals surface area contributed by atoms with Crippen molar-refractivity contribution in [3.05, 3.63) is 12.2 Å². The Balaban J connectivity index is 2.28. The van der Waals surface area contributed by atoms with E-state index in [9.17, 15) is 4.79 Å². The lowest BCUT2D eigenvalue weighted by Crippen LogP contribution is -2.34. The lowest BCUT2D eigenvalue weighted by atomic mass is 10.3. The van der Waals surface area contributed by atoms with Crippen molar-refractivity contribution >= 4 is 17.8 Å². The molecule has 1 aromatic heterocycles. The van der Waals surface area contributed by atoms with Gasteiger partial charge in [0.15, 0.2) is 5.96 Å². The van der Waals surface area contributed by atoms with Crippen molar-refractivity contribution in [2.45, 2.75) is 12.8 Å². The van der Waals surface area contributed by atoms with Gasteiger partial charge < -0.3 is 21.3 Å². The van der Waals surface area contributed by atoms with Gasteiger partial charge in [-0.25, -0.2) is 9.97 Å². The molecule has 1 aromatic rings. The number of nitrogens with one attached hydrogen (secondary N) is 3. The lowest BCUT2D eigenvalue weighted by Gasteiger charge is -2.10. The van der Waals surface area contributed by atoms with Crippen LogP contribution in [0, 0.1) is 5.41 Å². The molecule has 1 rings (SSSR count). The van der Waals surface area contributed by atoms with E-state index in [-0.39, 0.29) is 18.3 Å².